The SMILES string of the molecule is CC1=Cc2ccc(-c3cccc4cccnc34)cc2[CH]1[Zr]([CH3])(=[SiH2])([c]1ccccc1)[CH]1C(C)=Cc2ccc(-c3cccc4cccnc34)cc21.Cl.Cl. The summed E-state index contributed by atoms with van der Waals surface area (Å²) in [7, 11) is 0. The van der Waals surface area contributed by atoms with E-state index in [0.717, 1.165) is 11.0 Å². The minimum absolute atomic E-state index is 0. The van der Waals surface area contributed by atoms with Crippen LogP contribution in [0.2, 0.25) is 4.63 Å². The van der Waals surface area contributed by atoms with Crippen LogP contribution in [0.5, 0.6) is 0 Å². The third-order valence-electron chi connectivity index (χ3n) is 11.6. The van der Waals surface area contributed by atoms with Crippen LogP contribution in [0, 0.1) is 0 Å². The van der Waals surface area contributed by atoms with Crippen molar-refractivity contribution in [3.8, 4) is 22.3 Å². The van der Waals surface area contributed by atoms with Crippen molar-refractivity contribution in [3.63, 3.8) is 0 Å². The Kier molecular flexibility index (Phi) is 9.22. The topological polar surface area (TPSA) is 25.8 Å². The molecule has 2 aromatic heterocycles. The fourth-order valence-corrected chi connectivity index (χ4v) is 34.8. The summed E-state index contributed by atoms with van der Waals surface area (Å²) in [6, 6.07) is 47.4. The predicted molar refractivity (Wildman–Crippen MR) is 222 cm³/mol. The van der Waals surface area contributed by atoms with Crippen LogP contribution in [0.3, 0.4) is 0 Å². The van der Waals surface area contributed by atoms with E-state index in [1.807, 2.05) is 24.5 Å². The molecule has 0 amide bonds. The third-order valence-corrected chi connectivity index (χ3v) is 35.4. The average molecular weight is 799 g/mol. The molecular formula is C45H40Cl2N2SiZr. The van der Waals surface area contributed by atoms with Crippen LogP contribution in [0.25, 0.3) is 56.2 Å². The average Bonchev–Trinajstić information content (AvgIpc) is 3.67. The molecule has 5 aromatic carbocycles. The maximum atomic E-state index is 4.83. The van der Waals surface area contributed by atoms with Crippen molar-refractivity contribution in [2.75, 3.05) is 0 Å². The maximum Gasteiger partial charge on any atom is -0.147 e. The van der Waals surface area contributed by atoms with Crippen LogP contribution in [0.4, 0.5) is 0 Å². The van der Waals surface area contributed by atoms with Crippen LogP contribution in [0.15, 0.2) is 151 Å². The minimum atomic E-state index is -4.22. The molecule has 9 rings (SSSR count). The van der Waals surface area contributed by atoms with Gasteiger partial charge >= 0.3 is 293 Å². The number of hydrogen-bond donors (Lipinski definition) is 0. The molecule has 2 aliphatic carbocycles. The molecular weight excluding hydrogens is 759 g/mol. The molecule has 2 atom stereocenters. The van der Waals surface area contributed by atoms with Gasteiger partial charge in [-0.05, 0) is 0 Å². The first kappa shape index (κ1) is 35.5. The van der Waals surface area contributed by atoms with Gasteiger partial charge in [-0.15, -0.1) is 24.8 Å². The molecule has 6 heteroatoms. The summed E-state index contributed by atoms with van der Waals surface area (Å²) in [5, 5.41) is 2.35. The maximum absolute atomic E-state index is 4.83. The summed E-state index contributed by atoms with van der Waals surface area (Å²) in [6.45, 7) is 7.20. The smallest absolute Gasteiger partial charge is 0.147 e. The second kappa shape index (κ2) is 13.2. The summed E-state index contributed by atoms with van der Waals surface area (Å²) in [6.07, 6.45) is 8.78. The number of rotatable bonds is 5. The number of fused-ring (bicyclic) bond motifs is 4. The number of benzene rings is 5. The van der Waals surface area contributed by atoms with Crippen molar-refractivity contribution in [3.05, 3.63) is 173 Å². The van der Waals surface area contributed by atoms with Gasteiger partial charge in [0.2, 0.25) is 0 Å². The number of pyridine rings is 2. The zero-order valence-electron chi connectivity index (χ0n) is 29.0. The predicted octanol–water partition coefficient (Wildman–Crippen LogP) is 11.2. The third kappa shape index (κ3) is 5.46. The van der Waals surface area contributed by atoms with E-state index in [-0.39, 0.29) is 24.8 Å². The fourth-order valence-electron chi connectivity index (χ4n) is 9.62. The summed E-state index contributed by atoms with van der Waals surface area (Å²) in [5.74, 6) is 0. The Morgan fingerprint density at radius 3 is 1.45 bits per heavy atom. The van der Waals surface area contributed by atoms with Crippen LogP contribution in [-0.2, 0) is 17.4 Å². The van der Waals surface area contributed by atoms with Gasteiger partial charge in [-0.1, -0.05) is 0 Å². The van der Waals surface area contributed by atoms with Crippen molar-refractivity contribution < 1.29 is 17.4 Å². The van der Waals surface area contributed by atoms with Crippen LogP contribution >= 0.6 is 24.8 Å². The Morgan fingerprint density at radius 1 is 0.529 bits per heavy atom. The summed E-state index contributed by atoms with van der Waals surface area (Å²) in [4.78, 5) is 9.67. The molecule has 51 heavy (non-hydrogen) atoms. The van der Waals surface area contributed by atoms with Crippen molar-refractivity contribution in [1.29, 1.82) is 0 Å². The number of hydrogen-bond acceptors (Lipinski definition) is 2. The zero-order valence-corrected chi connectivity index (χ0v) is 34.5. The molecule has 2 unspecified atom stereocenters. The van der Waals surface area contributed by atoms with E-state index < -0.39 is 17.4 Å². The molecule has 0 saturated heterocycles. The van der Waals surface area contributed by atoms with Gasteiger partial charge in [0.1, 0.15) is 0 Å². The van der Waals surface area contributed by atoms with Crippen LogP contribution < -0.4 is 3.27 Å². The van der Waals surface area contributed by atoms with Gasteiger partial charge in [0.15, 0.2) is 0 Å². The molecule has 0 saturated carbocycles. The molecule has 0 fully saturated rings. The minimum Gasteiger partial charge on any atom is -0.147 e. The van der Waals surface area contributed by atoms with Gasteiger partial charge in [-0.3, -0.25) is 0 Å². The molecule has 0 radical (unpaired) electrons. The van der Waals surface area contributed by atoms with Crippen LogP contribution in [-0.4, -0.2) is 16.8 Å². The number of aromatic nitrogens is 2. The number of nitrogens with zero attached hydrogens (tertiary/aromatic N) is 2. The second-order valence-corrected chi connectivity index (χ2v) is 41.0. The molecule has 0 bridgehead atoms. The van der Waals surface area contributed by atoms with Gasteiger partial charge in [0, 0.05) is 0 Å². The van der Waals surface area contributed by atoms with E-state index >= 15 is 0 Å². The molecule has 2 heterocycles. The van der Waals surface area contributed by atoms with Gasteiger partial charge < -0.3 is 0 Å². The molecule has 2 aliphatic rings. The fraction of sp³-hybridized carbons (Fsp3) is 0.111. The number of halogens is 2. The molecule has 0 N–H and O–H groups in total. The first-order valence-electron chi connectivity index (χ1n) is 17.2. The molecule has 0 spiro atoms. The molecule has 0 aliphatic heterocycles. The first-order valence-corrected chi connectivity index (χ1v) is 29.7. The summed E-state index contributed by atoms with van der Waals surface area (Å²) < 4.78 is 5.01. The number of para-hydroxylation sites is 2. The quantitative estimate of drug-likeness (QED) is 0.162. The van der Waals surface area contributed by atoms with Crippen molar-refractivity contribution in [2.45, 2.75) is 25.7 Å². The van der Waals surface area contributed by atoms with E-state index in [0.29, 0.717) is 7.25 Å². The van der Waals surface area contributed by atoms with Crippen molar-refractivity contribution >= 4 is 68.9 Å². The van der Waals surface area contributed by atoms with Gasteiger partial charge in [0.05, 0.1) is 0 Å². The Hall–Kier alpha value is -3.92. The summed E-state index contributed by atoms with van der Waals surface area (Å²) in [5.41, 5.74) is 15.7. The van der Waals surface area contributed by atoms with Crippen molar-refractivity contribution in [2.24, 2.45) is 0 Å². The Labute approximate surface area is 315 Å². The Morgan fingerprint density at radius 2 is 0.980 bits per heavy atom. The van der Waals surface area contributed by atoms with Gasteiger partial charge in [0.25, 0.3) is 0 Å². The molecule has 252 valence electrons. The molecule has 2 nitrogen and oxygen atoms in total. The monoisotopic (exact) mass is 796 g/mol. The van der Waals surface area contributed by atoms with E-state index in [1.165, 1.54) is 66.4 Å². The van der Waals surface area contributed by atoms with Crippen LogP contribution in [0.1, 0.15) is 43.4 Å². The Balaban J connectivity index is 0.00000203. The largest absolute Gasteiger partial charge is 0.147 e. The summed E-state index contributed by atoms with van der Waals surface area (Å²) >= 11 is -4.22. The Bertz CT molecular complexity index is 2460. The normalized spacial score (nSPS) is 16.5. The van der Waals surface area contributed by atoms with Crippen molar-refractivity contribution in [1.82, 2.24) is 9.97 Å². The van der Waals surface area contributed by atoms with Gasteiger partial charge in [-0.25, -0.2) is 0 Å². The number of allylic oxidation sites excluding steroid dienone is 2. The zero-order chi connectivity index (χ0) is 33.4. The molecule has 7 aromatic rings. The van der Waals surface area contributed by atoms with E-state index in [9.17, 15) is 0 Å². The standard InChI is InChI=1S/2C19H14N.C6H5.CH3.2ClH.H2Si.Zr/c2*1-13-10-15-7-8-16(12-17(15)11-13)18-6-2-4-14-5-3-9-20-19(14)18;1-2-4-6-5-3-1;;;;;/h2*2-12H,1H3;1-5H;1H3;2*1H;1H2;. The van der Waals surface area contributed by atoms with E-state index in [4.69, 9.17) is 9.97 Å². The second-order valence-electron chi connectivity index (χ2n) is 14.7. The van der Waals surface area contributed by atoms with E-state index in [2.05, 4.69) is 153 Å². The first-order chi connectivity index (χ1) is 23.8. The van der Waals surface area contributed by atoms with E-state index in [1.54, 1.807) is 3.27 Å². The van der Waals surface area contributed by atoms with Gasteiger partial charge in [-0.2, -0.15) is 0 Å².